The van der Waals surface area contributed by atoms with Crippen molar-refractivity contribution in [3.05, 3.63) is 59.4 Å². The predicted molar refractivity (Wildman–Crippen MR) is 112 cm³/mol. The van der Waals surface area contributed by atoms with E-state index in [1.54, 1.807) is 42.7 Å². The molecule has 2 aliphatic heterocycles. The summed E-state index contributed by atoms with van der Waals surface area (Å²) in [6.45, 7) is 5.12. The lowest BCUT2D eigenvalue weighted by molar-refractivity contribution is -0.140. The molecule has 0 saturated carbocycles. The van der Waals surface area contributed by atoms with Crippen molar-refractivity contribution in [2.45, 2.75) is 26.0 Å². The van der Waals surface area contributed by atoms with Crippen molar-refractivity contribution in [3.8, 4) is 11.5 Å². The number of carbonyl (C=O) groups is 2. The summed E-state index contributed by atoms with van der Waals surface area (Å²) in [6.07, 6.45) is 3.19. The number of hydrogen-bond donors (Lipinski definition) is 1. The number of nitrogens with zero attached hydrogens (tertiary/aromatic N) is 2. The average molecular weight is 424 g/mol. The van der Waals surface area contributed by atoms with Gasteiger partial charge in [-0.25, -0.2) is 0 Å². The molecule has 0 bridgehead atoms. The Morgan fingerprint density at radius 1 is 1.23 bits per heavy atom. The molecule has 1 aromatic heterocycles. The van der Waals surface area contributed by atoms with E-state index in [1.807, 2.05) is 13.8 Å². The first kappa shape index (κ1) is 20.9. The van der Waals surface area contributed by atoms with Gasteiger partial charge in [0.2, 0.25) is 0 Å². The number of rotatable bonds is 6. The molecule has 2 aliphatic rings. The van der Waals surface area contributed by atoms with Gasteiger partial charge in [0.05, 0.1) is 24.3 Å². The third kappa shape index (κ3) is 4.11. The fraction of sp³-hybridized carbons (Fsp3) is 0.348. The monoisotopic (exact) mass is 424 g/mol. The van der Waals surface area contributed by atoms with Crippen LogP contribution in [0.2, 0.25) is 0 Å². The smallest absolute Gasteiger partial charge is 0.295 e. The molecular weight excluding hydrogens is 400 g/mol. The number of ketones is 1. The molecule has 162 valence electrons. The Labute approximate surface area is 180 Å². The van der Waals surface area contributed by atoms with Gasteiger partial charge in [0.15, 0.2) is 11.5 Å². The topological polar surface area (TPSA) is 98.2 Å². The summed E-state index contributed by atoms with van der Waals surface area (Å²) >= 11 is 0. The SMILES string of the molecule is CC(C)OCCN1C(=O)C(=O)/C(=C(\O)c2ccc3c(c2)OCCO3)C1c1cccnc1. The second-order valence-corrected chi connectivity index (χ2v) is 7.56. The highest BCUT2D eigenvalue weighted by atomic mass is 16.6. The van der Waals surface area contributed by atoms with E-state index in [0.717, 1.165) is 0 Å². The van der Waals surface area contributed by atoms with Crippen LogP contribution in [0.1, 0.15) is 31.0 Å². The Kier molecular flexibility index (Phi) is 5.90. The van der Waals surface area contributed by atoms with E-state index in [-0.39, 0.29) is 30.6 Å². The van der Waals surface area contributed by atoms with Crippen LogP contribution in [0.25, 0.3) is 5.76 Å². The van der Waals surface area contributed by atoms with Crippen molar-refractivity contribution in [2.24, 2.45) is 0 Å². The van der Waals surface area contributed by atoms with Crippen molar-refractivity contribution in [2.75, 3.05) is 26.4 Å². The zero-order valence-corrected chi connectivity index (χ0v) is 17.4. The second-order valence-electron chi connectivity index (χ2n) is 7.56. The predicted octanol–water partition coefficient (Wildman–Crippen LogP) is 2.70. The molecule has 2 aromatic rings. The molecule has 8 heteroatoms. The van der Waals surface area contributed by atoms with Crippen LogP contribution in [-0.4, -0.2) is 59.2 Å². The van der Waals surface area contributed by atoms with Crippen molar-refractivity contribution >= 4 is 17.4 Å². The Balaban J connectivity index is 1.76. The van der Waals surface area contributed by atoms with Gasteiger partial charge in [0, 0.05) is 24.5 Å². The Morgan fingerprint density at radius 3 is 2.71 bits per heavy atom. The largest absolute Gasteiger partial charge is 0.507 e. The molecule has 1 amide bonds. The molecule has 4 rings (SSSR count). The van der Waals surface area contributed by atoms with Crippen LogP contribution >= 0.6 is 0 Å². The lowest BCUT2D eigenvalue weighted by atomic mass is 9.96. The molecule has 1 atom stereocenters. The molecule has 0 aliphatic carbocycles. The fourth-order valence-corrected chi connectivity index (χ4v) is 3.73. The van der Waals surface area contributed by atoms with E-state index in [2.05, 4.69) is 4.98 Å². The van der Waals surface area contributed by atoms with Gasteiger partial charge < -0.3 is 24.2 Å². The fourth-order valence-electron chi connectivity index (χ4n) is 3.73. The molecule has 8 nitrogen and oxygen atoms in total. The molecule has 1 saturated heterocycles. The maximum atomic E-state index is 13.0. The average Bonchev–Trinajstić information content (AvgIpc) is 3.03. The molecular formula is C23H24N2O6. The van der Waals surface area contributed by atoms with E-state index < -0.39 is 17.7 Å². The van der Waals surface area contributed by atoms with Crippen molar-refractivity contribution in [1.82, 2.24) is 9.88 Å². The van der Waals surface area contributed by atoms with E-state index in [4.69, 9.17) is 14.2 Å². The number of hydrogen-bond acceptors (Lipinski definition) is 7. The molecule has 1 unspecified atom stereocenters. The third-order valence-corrected chi connectivity index (χ3v) is 5.14. The number of carbonyl (C=O) groups excluding carboxylic acids is 2. The van der Waals surface area contributed by atoms with Gasteiger partial charge in [-0.2, -0.15) is 0 Å². The van der Waals surface area contributed by atoms with Crippen LogP contribution in [0.4, 0.5) is 0 Å². The summed E-state index contributed by atoms with van der Waals surface area (Å²) in [7, 11) is 0. The number of aromatic nitrogens is 1. The third-order valence-electron chi connectivity index (χ3n) is 5.14. The number of fused-ring (bicyclic) bond motifs is 1. The first-order chi connectivity index (χ1) is 15.0. The summed E-state index contributed by atoms with van der Waals surface area (Å²) in [6, 6.07) is 7.66. The Morgan fingerprint density at radius 2 is 2.00 bits per heavy atom. The minimum atomic E-state index is -0.766. The summed E-state index contributed by atoms with van der Waals surface area (Å²) in [4.78, 5) is 31.4. The van der Waals surface area contributed by atoms with E-state index >= 15 is 0 Å². The second kappa shape index (κ2) is 8.77. The first-order valence-electron chi connectivity index (χ1n) is 10.2. The summed E-state index contributed by atoms with van der Waals surface area (Å²) in [5.74, 6) is -0.645. The van der Waals surface area contributed by atoms with E-state index in [9.17, 15) is 14.7 Å². The van der Waals surface area contributed by atoms with Crippen LogP contribution in [0, 0.1) is 0 Å². The Hall–Kier alpha value is -3.39. The van der Waals surface area contributed by atoms with E-state index in [1.165, 1.54) is 4.90 Å². The van der Waals surface area contributed by atoms with Crippen LogP contribution < -0.4 is 9.47 Å². The quantitative estimate of drug-likeness (QED) is 0.432. The van der Waals surface area contributed by atoms with Gasteiger partial charge in [-0.05, 0) is 43.7 Å². The van der Waals surface area contributed by atoms with Gasteiger partial charge in [-0.3, -0.25) is 14.6 Å². The normalized spacial score (nSPS) is 19.8. The minimum absolute atomic E-state index is 0.00798. The van der Waals surface area contributed by atoms with Crippen molar-refractivity contribution in [1.29, 1.82) is 0 Å². The number of aliphatic hydroxyl groups is 1. The lowest BCUT2D eigenvalue weighted by Gasteiger charge is -2.25. The lowest BCUT2D eigenvalue weighted by Crippen LogP contribution is -2.33. The van der Waals surface area contributed by atoms with E-state index in [0.29, 0.717) is 35.8 Å². The number of benzene rings is 1. The first-order valence-corrected chi connectivity index (χ1v) is 10.2. The highest BCUT2D eigenvalue weighted by Gasteiger charge is 2.46. The van der Waals surface area contributed by atoms with Gasteiger partial charge in [-0.15, -0.1) is 0 Å². The number of aliphatic hydroxyl groups excluding tert-OH is 1. The molecule has 31 heavy (non-hydrogen) atoms. The minimum Gasteiger partial charge on any atom is -0.507 e. The van der Waals surface area contributed by atoms with Crippen LogP contribution in [0.15, 0.2) is 48.3 Å². The Bertz CT molecular complexity index is 1020. The zero-order chi connectivity index (χ0) is 22.0. The summed E-state index contributed by atoms with van der Waals surface area (Å²) in [5.41, 5.74) is 1.01. The van der Waals surface area contributed by atoms with Gasteiger partial charge in [-0.1, -0.05) is 6.07 Å². The standard InChI is InChI=1S/C23H24N2O6/c1-14(2)29-9-8-25-20(16-4-3-7-24-13-16)19(22(27)23(25)28)21(26)15-5-6-17-18(12-15)31-11-10-30-17/h3-7,12-14,20,26H,8-11H2,1-2H3/b21-19-. The maximum Gasteiger partial charge on any atom is 0.295 e. The van der Waals surface area contributed by atoms with Gasteiger partial charge >= 0.3 is 0 Å². The molecule has 1 fully saturated rings. The number of pyridine rings is 1. The molecule has 0 radical (unpaired) electrons. The maximum absolute atomic E-state index is 13.0. The molecule has 0 spiro atoms. The molecule has 1 aromatic carbocycles. The van der Waals surface area contributed by atoms with Gasteiger partial charge in [0.25, 0.3) is 11.7 Å². The highest BCUT2D eigenvalue weighted by molar-refractivity contribution is 6.46. The van der Waals surface area contributed by atoms with Crippen molar-refractivity contribution in [3.63, 3.8) is 0 Å². The number of ether oxygens (including phenoxy) is 3. The van der Waals surface area contributed by atoms with Crippen molar-refractivity contribution < 1.29 is 28.9 Å². The molecule has 3 heterocycles. The highest BCUT2D eigenvalue weighted by Crippen LogP contribution is 2.40. The zero-order valence-electron chi connectivity index (χ0n) is 17.4. The summed E-state index contributed by atoms with van der Waals surface area (Å²) < 4.78 is 16.7. The van der Waals surface area contributed by atoms with Gasteiger partial charge in [0.1, 0.15) is 19.0 Å². The summed E-state index contributed by atoms with van der Waals surface area (Å²) in [5, 5.41) is 11.1. The number of amides is 1. The van der Waals surface area contributed by atoms with Crippen LogP contribution in [0.5, 0.6) is 11.5 Å². The van der Waals surface area contributed by atoms with Crippen LogP contribution in [0.3, 0.4) is 0 Å². The number of Topliss-reactive ketones (excluding diaryl/α,β-unsaturated/α-hetero) is 1. The number of likely N-dealkylation sites (tertiary alicyclic amines) is 1. The molecule has 1 N–H and O–H groups in total. The van der Waals surface area contributed by atoms with Crippen LogP contribution in [-0.2, 0) is 14.3 Å².